The van der Waals surface area contributed by atoms with E-state index in [2.05, 4.69) is 5.32 Å². The highest BCUT2D eigenvalue weighted by molar-refractivity contribution is 6.31. The van der Waals surface area contributed by atoms with Gasteiger partial charge < -0.3 is 5.32 Å². The second-order valence-corrected chi connectivity index (χ2v) is 5.81. The topological polar surface area (TPSA) is 29.1 Å². The summed E-state index contributed by atoms with van der Waals surface area (Å²) in [5.41, 5.74) is -1.33. The standard InChI is InChI=1S/C17H12ClF6NO/c18-12-3-2-9(6-11(12)17(23,24)4-1-5-19)16(26)25-10-7-13(20)15(22)14(21)8-10/h2-3,6-8H,1,4-5H2,(H,25,26). The van der Waals surface area contributed by atoms with Crippen molar-refractivity contribution >= 4 is 23.2 Å². The first kappa shape index (κ1) is 20.1. The largest absolute Gasteiger partial charge is 0.322 e. The van der Waals surface area contributed by atoms with Crippen molar-refractivity contribution in [3.05, 3.63) is 63.9 Å². The summed E-state index contributed by atoms with van der Waals surface area (Å²) in [6.45, 7) is -0.935. The van der Waals surface area contributed by atoms with Gasteiger partial charge in [-0.1, -0.05) is 11.6 Å². The van der Waals surface area contributed by atoms with E-state index in [1.807, 2.05) is 0 Å². The molecule has 9 heteroatoms. The van der Waals surface area contributed by atoms with Crippen LogP contribution in [0.3, 0.4) is 0 Å². The van der Waals surface area contributed by atoms with Gasteiger partial charge in [0, 0.05) is 40.4 Å². The van der Waals surface area contributed by atoms with Crippen LogP contribution in [0.15, 0.2) is 30.3 Å². The van der Waals surface area contributed by atoms with E-state index in [1.54, 1.807) is 0 Å². The predicted octanol–water partition coefficient (Wildman–Crippen LogP) is 5.85. The minimum Gasteiger partial charge on any atom is -0.322 e. The lowest BCUT2D eigenvalue weighted by Crippen LogP contribution is -2.17. The van der Waals surface area contributed by atoms with Crippen molar-refractivity contribution in [2.24, 2.45) is 0 Å². The van der Waals surface area contributed by atoms with Crippen LogP contribution in [0.25, 0.3) is 0 Å². The quantitative estimate of drug-likeness (QED) is 0.482. The van der Waals surface area contributed by atoms with Crippen molar-refractivity contribution in [2.75, 3.05) is 12.0 Å². The SMILES string of the molecule is O=C(Nc1cc(F)c(F)c(F)c1)c1ccc(Cl)c(C(F)(F)CCCF)c1. The molecule has 0 aromatic heterocycles. The third-order valence-electron chi connectivity index (χ3n) is 3.49. The zero-order chi connectivity index (χ0) is 19.5. The number of hydrogen-bond donors (Lipinski definition) is 1. The van der Waals surface area contributed by atoms with E-state index in [0.29, 0.717) is 12.1 Å². The summed E-state index contributed by atoms with van der Waals surface area (Å²) in [7, 11) is 0. The molecule has 0 aliphatic carbocycles. The van der Waals surface area contributed by atoms with E-state index in [9.17, 15) is 31.1 Å². The molecule has 0 saturated heterocycles. The number of alkyl halides is 3. The number of carbonyl (C=O) groups is 1. The van der Waals surface area contributed by atoms with Gasteiger partial charge in [-0.3, -0.25) is 9.18 Å². The Morgan fingerprint density at radius 2 is 1.69 bits per heavy atom. The van der Waals surface area contributed by atoms with Gasteiger partial charge >= 0.3 is 0 Å². The van der Waals surface area contributed by atoms with Crippen LogP contribution in [0.2, 0.25) is 5.02 Å². The van der Waals surface area contributed by atoms with E-state index in [0.717, 1.165) is 18.2 Å². The fourth-order valence-electron chi connectivity index (χ4n) is 2.20. The Kier molecular flexibility index (Phi) is 6.17. The molecule has 0 heterocycles. The predicted molar refractivity (Wildman–Crippen MR) is 84.8 cm³/mol. The second-order valence-electron chi connectivity index (χ2n) is 5.40. The molecule has 0 aliphatic rings. The van der Waals surface area contributed by atoms with E-state index >= 15 is 0 Å². The van der Waals surface area contributed by atoms with Crippen molar-refractivity contribution < 1.29 is 31.1 Å². The van der Waals surface area contributed by atoms with E-state index < -0.39 is 60.0 Å². The first-order valence-electron chi connectivity index (χ1n) is 7.35. The fraction of sp³-hybridized carbons (Fsp3) is 0.235. The number of anilines is 1. The highest BCUT2D eigenvalue weighted by atomic mass is 35.5. The summed E-state index contributed by atoms with van der Waals surface area (Å²) in [6, 6.07) is 4.09. The molecule has 0 spiro atoms. The minimum absolute atomic E-state index is 0.269. The van der Waals surface area contributed by atoms with Crippen LogP contribution in [0.5, 0.6) is 0 Å². The van der Waals surface area contributed by atoms with Crippen molar-refractivity contribution in [3.63, 3.8) is 0 Å². The highest BCUT2D eigenvalue weighted by Crippen LogP contribution is 2.38. The van der Waals surface area contributed by atoms with Gasteiger partial charge in [-0.15, -0.1) is 0 Å². The summed E-state index contributed by atoms with van der Waals surface area (Å²) in [4.78, 5) is 12.1. The molecule has 0 bridgehead atoms. The molecule has 2 aromatic rings. The average molecular weight is 396 g/mol. The van der Waals surface area contributed by atoms with E-state index in [4.69, 9.17) is 11.6 Å². The second kappa shape index (κ2) is 7.99. The first-order chi connectivity index (χ1) is 12.2. The molecular weight excluding hydrogens is 384 g/mol. The Hall–Kier alpha value is -2.22. The first-order valence-corrected chi connectivity index (χ1v) is 7.73. The Morgan fingerprint density at radius 3 is 2.27 bits per heavy atom. The summed E-state index contributed by atoms with van der Waals surface area (Å²) in [6.07, 6.45) is -1.20. The van der Waals surface area contributed by atoms with Crippen molar-refractivity contribution in [2.45, 2.75) is 18.8 Å². The van der Waals surface area contributed by atoms with Gasteiger partial charge in [-0.25, -0.2) is 22.0 Å². The lowest BCUT2D eigenvalue weighted by molar-refractivity contribution is -0.0165. The molecule has 1 amide bonds. The van der Waals surface area contributed by atoms with Gasteiger partial charge in [0.25, 0.3) is 11.8 Å². The highest BCUT2D eigenvalue weighted by Gasteiger charge is 2.33. The van der Waals surface area contributed by atoms with Crippen molar-refractivity contribution in [1.82, 2.24) is 0 Å². The molecule has 140 valence electrons. The monoisotopic (exact) mass is 395 g/mol. The van der Waals surface area contributed by atoms with Crippen molar-refractivity contribution in [3.8, 4) is 0 Å². The number of hydrogen-bond acceptors (Lipinski definition) is 1. The maximum absolute atomic E-state index is 14.1. The molecule has 0 radical (unpaired) electrons. The van der Waals surface area contributed by atoms with Crippen LogP contribution in [-0.4, -0.2) is 12.6 Å². The number of amides is 1. The number of carbonyl (C=O) groups excluding carboxylic acids is 1. The number of nitrogens with one attached hydrogen (secondary N) is 1. The lowest BCUT2D eigenvalue weighted by atomic mass is 10.0. The third kappa shape index (κ3) is 4.49. The van der Waals surface area contributed by atoms with Crippen molar-refractivity contribution in [1.29, 1.82) is 0 Å². The van der Waals surface area contributed by atoms with Crippen LogP contribution in [0.4, 0.5) is 32.0 Å². The maximum atomic E-state index is 14.1. The van der Waals surface area contributed by atoms with Crippen LogP contribution in [-0.2, 0) is 5.92 Å². The van der Waals surface area contributed by atoms with Crippen LogP contribution in [0.1, 0.15) is 28.8 Å². The Labute approximate surface area is 149 Å². The number of rotatable bonds is 6. The van der Waals surface area contributed by atoms with Gasteiger partial charge in [-0.05, 0) is 24.6 Å². The molecule has 0 unspecified atom stereocenters. The van der Waals surface area contributed by atoms with Crippen LogP contribution >= 0.6 is 11.6 Å². The molecule has 1 N–H and O–H groups in total. The van der Waals surface area contributed by atoms with Gasteiger partial charge in [0.1, 0.15) is 0 Å². The summed E-state index contributed by atoms with van der Waals surface area (Å²) < 4.78 is 79.6. The lowest BCUT2D eigenvalue weighted by Gasteiger charge is -2.18. The molecule has 2 nitrogen and oxygen atoms in total. The Bertz CT molecular complexity index is 804. The Morgan fingerprint density at radius 1 is 1.08 bits per heavy atom. The molecule has 0 saturated carbocycles. The van der Waals surface area contributed by atoms with Gasteiger partial charge in [0.15, 0.2) is 17.5 Å². The van der Waals surface area contributed by atoms with Gasteiger partial charge in [-0.2, -0.15) is 0 Å². The Balaban J connectivity index is 2.29. The van der Waals surface area contributed by atoms with Gasteiger partial charge in [0.05, 0.1) is 6.67 Å². The third-order valence-corrected chi connectivity index (χ3v) is 3.82. The number of halogens is 7. The maximum Gasteiger partial charge on any atom is 0.274 e. The molecule has 2 aromatic carbocycles. The van der Waals surface area contributed by atoms with Crippen LogP contribution in [0, 0.1) is 17.5 Å². The molecule has 26 heavy (non-hydrogen) atoms. The number of benzene rings is 2. The van der Waals surface area contributed by atoms with Crippen LogP contribution < -0.4 is 5.32 Å². The fourth-order valence-corrected chi connectivity index (χ4v) is 2.46. The average Bonchev–Trinajstić information content (AvgIpc) is 2.58. The smallest absolute Gasteiger partial charge is 0.274 e. The molecule has 0 atom stereocenters. The van der Waals surface area contributed by atoms with E-state index in [-0.39, 0.29) is 10.6 Å². The minimum atomic E-state index is -3.46. The summed E-state index contributed by atoms with van der Waals surface area (Å²) >= 11 is 5.74. The normalized spacial score (nSPS) is 11.5. The molecule has 2 rings (SSSR count). The summed E-state index contributed by atoms with van der Waals surface area (Å²) in [5.74, 6) is -9.17. The molecular formula is C17H12ClF6NO. The zero-order valence-corrected chi connectivity index (χ0v) is 13.8. The summed E-state index contributed by atoms with van der Waals surface area (Å²) in [5, 5.41) is 1.76. The van der Waals surface area contributed by atoms with Gasteiger partial charge in [0.2, 0.25) is 0 Å². The zero-order valence-electron chi connectivity index (χ0n) is 13.1. The van der Waals surface area contributed by atoms with E-state index in [1.165, 1.54) is 0 Å². The molecule has 0 aliphatic heterocycles. The molecule has 0 fully saturated rings.